The third kappa shape index (κ3) is 4.81. The first-order valence-electron chi connectivity index (χ1n) is 7.85. The molecule has 0 saturated carbocycles. The van der Waals surface area contributed by atoms with Crippen LogP contribution in [-0.4, -0.2) is 28.8 Å². The van der Waals surface area contributed by atoms with Crippen LogP contribution in [0.3, 0.4) is 0 Å². The van der Waals surface area contributed by atoms with Gasteiger partial charge in [-0.3, -0.25) is 9.48 Å². The van der Waals surface area contributed by atoms with Crippen LogP contribution in [-0.2, 0) is 17.9 Å². The van der Waals surface area contributed by atoms with E-state index in [-0.39, 0.29) is 24.2 Å². The quantitative estimate of drug-likeness (QED) is 0.879. The lowest BCUT2D eigenvalue weighted by atomic mass is 9.98. The van der Waals surface area contributed by atoms with Crippen molar-refractivity contribution in [3.05, 3.63) is 53.9 Å². The van der Waals surface area contributed by atoms with Gasteiger partial charge in [0.1, 0.15) is 0 Å². The summed E-state index contributed by atoms with van der Waals surface area (Å²) in [6, 6.07) is 10.1. The first-order chi connectivity index (χ1) is 10.8. The Morgan fingerprint density at radius 1 is 1.30 bits per heavy atom. The molecule has 1 aromatic heterocycles. The average Bonchev–Trinajstić information content (AvgIpc) is 3.07. The molecule has 1 amide bonds. The summed E-state index contributed by atoms with van der Waals surface area (Å²) in [5.74, 6) is 0.258. The normalized spacial score (nSPS) is 17.3. The van der Waals surface area contributed by atoms with Gasteiger partial charge >= 0.3 is 0 Å². The Morgan fingerprint density at radius 2 is 2.13 bits per heavy atom. The van der Waals surface area contributed by atoms with Gasteiger partial charge in [-0.2, -0.15) is 5.10 Å². The largest absolute Gasteiger partial charge is 0.352 e. The zero-order valence-electron chi connectivity index (χ0n) is 13.1. The second-order valence-corrected chi connectivity index (χ2v) is 5.73. The van der Waals surface area contributed by atoms with Gasteiger partial charge in [0.2, 0.25) is 5.91 Å². The van der Waals surface area contributed by atoms with Crippen molar-refractivity contribution in [2.24, 2.45) is 5.92 Å². The summed E-state index contributed by atoms with van der Waals surface area (Å²) in [5, 5.41) is 10.6. The number of hydrogen-bond donors (Lipinski definition) is 2. The second-order valence-electron chi connectivity index (χ2n) is 5.73. The van der Waals surface area contributed by atoms with Gasteiger partial charge in [-0.05, 0) is 36.6 Å². The summed E-state index contributed by atoms with van der Waals surface area (Å²) in [6.45, 7) is 3.12. The van der Waals surface area contributed by atoms with Gasteiger partial charge in [-0.1, -0.05) is 24.3 Å². The molecule has 5 nitrogen and oxygen atoms in total. The summed E-state index contributed by atoms with van der Waals surface area (Å²) in [4.78, 5) is 12.2. The highest BCUT2D eigenvalue weighted by Crippen LogP contribution is 2.13. The maximum atomic E-state index is 12.2. The molecule has 2 aromatic rings. The predicted molar refractivity (Wildman–Crippen MR) is 92.5 cm³/mol. The molecule has 1 aliphatic heterocycles. The Bertz CT molecular complexity index is 609. The lowest BCUT2D eigenvalue weighted by molar-refractivity contribution is -0.125. The predicted octanol–water partition coefficient (Wildman–Crippen LogP) is 1.97. The van der Waals surface area contributed by atoms with Crippen molar-refractivity contribution in [2.45, 2.75) is 25.9 Å². The van der Waals surface area contributed by atoms with E-state index in [1.165, 1.54) is 5.56 Å². The molecule has 2 heterocycles. The van der Waals surface area contributed by atoms with Crippen LogP contribution in [0.2, 0.25) is 0 Å². The lowest BCUT2D eigenvalue weighted by Crippen LogP contribution is -2.40. The zero-order valence-corrected chi connectivity index (χ0v) is 13.9. The highest BCUT2D eigenvalue weighted by Gasteiger charge is 2.20. The number of carbonyl (C=O) groups excluding carboxylic acids is 1. The number of halogens is 1. The van der Waals surface area contributed by atoms with E-state index >= 15 is 0 Å². The Kier molecular flexibility index (Phi) is 6.62. The number of hydrogen-bond acceptors (Lipinski definition) is 3. The van der Waals surface area contributed by atoms with Gasteiger partial charge in [0.15, 0.2) is 0 Å². The smallest absolute Gasteiger partial charge is 0.224 e. The van der Waals surface area contributed by atoms with Crippen LogP contribution in [0, 0.1) is 5.92 Å². The first-order valence-corrected chi connectivity index (χ1v) is 7.85. The van der Waals surface area contributed by atoms with Gasteiger partial charge in [0.25, 0.3) is 0 Å². The Labute approximate surface area is 142 Å². The Hall–Kier alpha value is -1.85. The third-order valence-electron chi connectivity index (χ3n) is 4.13. The van der Waals surface area contributed by atoms with Crippen LogP contribution in [0.25, 0.3) is 0 Å². The van der Waals surface area contributed by atoms with Crippen LogP contribution in [0.5, 0.6) is 0 Å². The molecule has 0 spiro atoms. The van der Waals surface area contributed by atoms with Crippen molar-refractivity contribution < 1.29 is 4.79 Å². The maximum absolute atomic E-state index is 12.2. The van der Waals surface area contributed by atoms with Crippen LogP contribution in [0.15, 0.2) is 42.7 Å². The molecule has 0 bridgehead atoms. The molecule has 0 radical (unpaired) electrons. The summed E-state index contributed by atoms with van der Waals surface area (Å²) < 4.78 is 1.89. The monoisotopic (exact) mass is 334 g/mol. The van der Waals surface area contributed by atoms with Crippen LogP contribution in [0.1, 0.15) is 24.0 Å². The number of carbonyl (C=O) groups is 1. The molecule has 23 heavy (non-hydrogen) atoms. The molecule has 1 saturated heterocycles. The third-order valence-corrected chi connectivity index (χ3v) is 4.13. The standard InChI is InChI=1S/C17H22N4O.ClH/c22-17(15-7-3-8-18-11-15)19-12-14-5-1-2-6-16(14)13-21-10-4-9-20-21;/h1-2,4-6,9-10,15,18H,3,7-8,11-13H2,(H,19,22);1H. The van der Waals surface area contributed by atoms with E-state index in [2.05, 4.69) is 27.9 Å². The van der Waals surface area contributed by atoms with Gasteiger partial charge in [-0.25, -0.2) is 0 Å². The minimum absolute atomic E-state index is 0. The molecular formula is C17H23ClN4O. The number of nitrogens with one attached hydrogen (secondary N) is 2. The van der Waals surface area contributed by atoms with Crippen molar-refractivity contribution >= 4 is 18.3 Å². The molecule has 6 heteroatoms. The molecular weight excluding hydrogens is 312 g/mol. The number of rotatable bonds is 5. The van der Waals surface area contributed by atoms with Gasteiger partial charge in [0.05, 0.1) is 12.5 Å². The number of aromatic nitrogens is 2. The summed E-state index contributed by atoms with van der Waals surface area (Å²) in [6.07, 6.45) is 5.78. The van der Waals surface area contributed by atoms with Crippen LogP contribution < -0.4 is 10.6 Å². The number of amides is 1. The lowest BCUT2D eigenvalue weighted by Gasteiger charge is -2.22. The SMILES string of the molecule is Cl.O=C(NCc1ccccc1Cn1cccn1)C1CCCNC1. The molecule has 1 aliphatic rings. The highest BCUT2D eigenvalue weighted by atomic mass is 35.5. The van der Waals surface area contributed by atoms with E-state index < -0.39 is 0 Å². The van der Waals surface area contributed by atoms with Gasteiger partial charge in [0, 0.05) is 25.5 Å². The van der Waals surface area contributed by atoms with E-state index in [9.17, 15) is 4.79 Å². The van der Waals surface area contributed by atoms with Crippen LogP contribution >= 0.6 is 12.4 Å². The summed E-state index contributed by atoms with van der Waals surface area (Å²) >= 11 is 0. The number of nitrogens with zero attached hydrogens (tertiary/aromatic N) is 2. The number of piperidine rings is 1. The minimum atomic E-state index is 0. The molecule has 1 aromatic carbocycles. The van der Waals surface area contributed by atoms with Gasteiger partial charge in [-0.15, -0.1) is 12.4 Å². The van der Waals surface area contributed by atoms with E-state index in [1.807, 2.05) is 29.1 Å². The fraction of sp³-hybridized carbons (Fsp3) is 0.412. The fourth-order valence-electron chi connectivity index (χ4n) is 2.85. The van der Waals surface area contributed by atoms with Crippen molar-refractivity contribution in [3.8, 4) is 0 Å². The first kappa shape index (κ1) is 17.5. The topological polar surface area (TPSA) is 59.0 Å². The molecule has 1 fully saturated rings. The molecule has 0 aliphatic carbocycles. The van der Waals surface area contributed by atoms with Crippen molar-refractivity contribution in [1.29, 1.82) is 0 Å². The van der Waals surface area contributed by atoms with E-state index in [4.69, 9.17) is 0 Å². The summed E-state index contributed by atoms with van der Waals surface area (Å²) in [5.41, 5.74) is 2.34. The molecule has 3 rings (SSSR count). The zero-order chi connectivity index (χ0) is 15.2. The Morgan fingerprint density at radius 3 is 2.83 bits per heavy atom. The van der Waals surface area contributed by atoms with Crippen molar-refractivity contribution in [1.82, 2.24) is 20.4 Å². The van der Waals surface area contributed by atoms with E-state index in [0.717, 1.165) is 38.0 Å². The molecule has 1 unspecified atom stereocenters. The maximum Gasteiger partial charge on any atom is 0.224 e. The second kappa shape index (κ2) is 8.70. The van der Waals surface area contributed by atoms with Gasteiger partial charge < -0.3 is 10.6 Å². The van der Waals surface area contributed by atoms with Crippen LogP contribution in [0.4, 0.5) is 0 Å². The van der Waals surface area contributed by atoms with Crippen molar-refractivity contribution in [3.63, 3.8) is 0 Å². The minimum Gasteiger partial charge on any atom is -0.352 e. The molecule has 2 N–H and O–H groups in total. The Balaban J connectivity index is 0.00000192. The number of benzene rings is 1. The highest BCUT2D eigenvalue weighted by molar-refractivity contribution is 5.85. The molecule has 124 valence electrons. The van der Waals surface area contributed by atoms with E-state index in [1.54, 1.807) is 6.20 Å². The van der Waals surface area contributed by atoms with Crippen molar-refractivity contribution in [2.75, 3.05) is 13.1 Å². The van der Waals surface area contributed by atoms with E-state index in [0.29, 0.717) is 6.54 Å². The molecule has 1 atom stereocenters. The fourth-order valence-corrected chi connectivity index (χ4v) is 2.85. The average molecular weight is 335 g/mol. The summed E-state index contributed by atoms with van der Waals surface area (Å²) in [7, 11) is 0.